The Morgan fingerprint density at radius 1 is 1.39 bits per heavy atom. The molecule has 18 heavy (non-hydrogen) atoms. The van der Waals surface area contributed by atoms with Gasteiger partial charge in [-0.25, -0.2) is 0 Å². The number of carbonyl (C=O) groups excluding carboxylic acids is 1. The van der Waals surface area contributed by atoms with Gasteiger partial charge in [-0.15, -0.1) is 0 Å². The van der Waals surface area contributed by atoms with E-state index in [1.54, 1.807) is 7.11 Å². The molecular weight excluding hydrogens is 228 g/mol. The molecule has 1 saturated heterocycles. The first-order valence-corrected chi connectivity index (χ1v) is 6.41. The molecule has 1 aromatic carbocycles. The molecule has 1 fully saturated rings. The molecule has 1 aromatic rings. The standard InChI is InChI=1S/C14H20N2O2/c1-18-13-5-2-11(3-6-13)8-9-15-12-4-7-14(17)16-10-12/h2-3,5-6,12,15H,4,7-10H2,1H3,(H,16,17). The topological polar surface area (TPSA) is 50.4 Å². The van der Waals surface area contributed by atoms with Crippen molar-refractivity contribution in [2.45, 2.75) is 25.3 Å². The SMILES string of the molecule is COc1ccc(CCNC2CCC(=O)NC2)cc1. The van der Waals surface area contributed by atoms with E-state index in [1.165, 1.54) is 5.56 Å². The van der Waals surface area contributed by atoms with Gasteiger partial charge in [0.1, 0.15) is 5.75 Å². The Bertz CT molecular complexity index is 379. The first-order valence-electron chi connectivity index (χ1n) is 6.41. The maximum atomic E-state index is 11.0. The van der Waals surface area contributed by atoms with E-state index in [0.29, 0.717) is 12.5 Å². The van der Waals surface area contributed by atoms with E-state index >= 15 is 0 Å². The minimum Gasteiger partial charge on any atom is -0.497 e. The third kappa shape index (κ3) is 3.74. The van der Waals surface area contributed by atoms with E-state index in [2.05, 4.69) is 22.8 Å². The third-order valence-electron chi connectivity index (χ3n) is 3.27. The minimum absolute atomic E-state index is 0.170. The molecule has 0 aliphatic carbocycles. The Kier molecular flexibility index (Phi) is 4.59. The molecule has 1 atom stereocenters. The summed E-state index contributed by atoms with van der Waals surface area (Å²) in [6.45, 7) is 1.69. The number of hydrogen-bond donors (Lipinski definition) is 2. The highest BCUT2D eigenvalue weighted by Gasteiger charge is 2.16. The van der Waals surface area contributed by atoms with Gasteiger partial charge in [0.2, 0.25) is 5.91 Å². The zero-order chi connectivity index (χ0) is 12.8. The summed E-state index contributed by atoms with van der Waals surface area (Å²) in [5.74, 6) is 1.06. The molecule has 0 aromatic heterocycles. The van der Waals surface area contributed by atoms with Gasteiger partial charge in [-0.3, -0.25) is 4.79 Å². The zero-order valence-corrected chi connectivity index (χ0v) is 10.7. The predicted molar refractivity (Wildman–Crippen MR) is 70.7 cm³/mol. The lowest BCUT2D eigenvalue weighted by molar-refractivity contribution is -0.122. The molecule has 4 nitrogen and oxygen atoms in total. The summed E-state index contributed by atoms with van der Waals surface area (Å²) in [6.07, 6.45) is 2.57. The van der Waals surface area contributed by atoms with Crippen LogP contribution >= 0.6 is 0 Å². The fourth-order valence-corrected chi connectivity index (χ4v) is 2.12. The lowest BCUT2D eigenvalue weighted by atomic mass is 10.1. The van der Waals surface area contributed by atoms with E-state index in [4.69, 9.17) is 4.74 Å². The lowest BCUT2D eigenvalue weighted by Crippen LogP contribution is -2.46. The number of methoxy groups -OCH3 is 1. The van der Waals surface area contributed by atoms with Crippen molar-refractivity contribution in [2.24, 2.45) is 0 Å². The van der Waals surface area contributed by atoms with E-state index in [1.807, 2.05) is 12.1 Å². The fourth-order valence-electron chi connectivity index (χ4n) is 2.12. The maximum Gasteiger partial charge on any atom is 0.220 e. The smallest absolute Gasteiger partial charge is 0.220 e. The number of amides is 1. The number of benzene rings is 1. The van der Waals surface area contributed by atoms with Crippen LogP contribution in [0.15, 0.2) is 24.3 Å². The number of nitrogens with one attached hydrogen (secondary N) is 2. The average Bonchev–Trinajstić information content (AvgIpc) is 2.42. The first kappa shape index (κ1) is 12.9. The van der Waals surface area contributed by atoms with Gasteiger partial charge in [0, 0.05) is 19.0 Å². The van der Waals surface area contributed by atoms with Crippen LogP contribution in [-0.4, -0.2) is 32.1 Å². The van der Waals surface area contributed by atoms with Gasteiger partial charge in [0.15, 0.2) is 0 Å². The summed E-state index contributed by atoms with van der Waals surface area (Å²) in [4.78, 5) is 11.0. The Labute approximate surface area is 108 Å². The summed E-state index contributed by atoms with van der Waals surface area (Å²) in [7, 11) is 1.67. The number of rotatable bonds is 5. The van der Waals surface area contributed by atoms with E-state index in [0.717, 1.165) is 31.7 Å². The van der Waals surface area contributed by atoms with Crippen LogP contribution in [0.4, 0.5) is 0 Å². The van der Waals surface area contributed by atoms with Crippen LogP contribution in [0.3, 0.4) is 0 Å². The summed E-state index contributed by atoms with van der Waals surface area (Å²) in [5.41, 5.74) is 1.29. The molecule has 0 bridgehead atoms. The summed E-state index contributed by atoms with van der Waals surface area (Å²) in [6, 6.07) is 8.56. The fraction of sp³-hybridized carbons (Fsp3) is 0.500. The van der Waals surface area contributed by atoms with Crippen molar-refractivity contribution in [1.29, 1.82) is 0 Å². The van der Waals surface area contributed by atoms with Crippen LogP contribution in [0.5, 0.6) is 5.75 Å². The van der Waals surface area contributed by atoms with Crippen molar-refractivity contribution in [3.8, 4) is 5.75 Å². The zero-order valence-electron chi connectivity index (χ0n) is 10.7. The molecule has 0 radical (unpaired) electrons. The van der Waals surface area contributed by atoms with Crippen LogP contribution in [-0.2, 0) is 11.2 Å². The van der Waals surface area contributed by atoms with Crippen molar-refractivity contribution >= 4 is 5.91 Å². The van der Waals surface area contributed by atoms with Gasteiger partial charge in [0.25, 0.3) is 0 Å². The van der Waals surface area contributed by atoms with Gasteiger partial charge in [-0.2, -0.15) is 0 Å². The summed E-state index contributed by atoms with van der Waals surface area (Å²) < 4.78 is 5.12. The van der Waals surface area contributed by atoms with Crippen LogP contribution in [0, 0.1) is 0 Å². The second-order valence-corrected chi connectivity index (χ2v) is 4.59. The van der Waals surface area contributed by atoms with Crippen molar-refractivity contribution in [3.63, 3.8) is 0 Å². The van der Waals surface area contributed by atoms with Crippen molar-refractivity contribution in [3.05, 3.63) is 29.8 Å². The molecule has 2 rings (SSSR count). The summed E-state index contributed by atoms with van der Waals surface area (Å²) in [5, 5.41) is 6.35. The van der Waals surface area contributed by atoms with Crippen LogP contribution in [0.25, 0.3) is 0 Å². The number of ether oxygens (including phenoxy) is 1. The van der Waals surface area contributed by atoms with Crippen molar-refractivity contribution in [2.75, 3.05) is 20.2 Å². The maximum absolute atomic E-state index is 11.0. The Balaban J connectivity index is 1.69. The molecule has 1 amide bonds. The number of hydrogen-bond acceptors (Lipinski definition) is 3. The molecule has 4 heteroatoms. The minimum atomic E-state index is 0.170. The second-order valence-electron chi connectivity index (χ2n) is 4.59. The Hall–Kier alpha value is -1.55. The van der Waals surface area contributed by atoms with Gasteiger partial charge < -0.3 is 15.4 Å². The molecule has 1 aliphatic rings. The van der Waals surface area contributed by atoms with Gasteiger partial charge in [-0.1, -0.05) is 12.1 Å². The Morgan fingerprint density at radius 2 is 2.17 bits per heavy atom. The monoisotopic (exact) mass is 248 g/mol. The quantitative estimate of drug-likeness (QED) is 0.820. The van der Waals surface area contributed by atoms with Crippen LogP contribution < -0.4 is 15.4 Å². The van der Waals surface area contributed by atoms with E-state index in [-0.39, 0.29) is 5.91 Å². The van der Waals surface area contributed by atoms with Crippen LogP contribution in [0.2, 0.25) is 0 Å². The van der Waals surface area contributed by atoms with E-state index < -0.39 is 0 Å². The average molecular weight is 248 g/mol. The Morgan fingerprint density at radius 3 is 2.78 bits per heavy atom. The molecular formula is C14H20N2O2. The highest BCUT2D eigenvalue weighted by Crippen LogP contribution is 2.11. The number of piperidine rings is 1. The van der Waals surface area contributed by atoms with Crippen molar-refractivity contribution in [1.82, 2.24) is 10.6 Å². The highest BCUT2D eigenvalue weighted by atomic mass is 16.5. The van der Waals surface area contributed by atoms with Gasteiger partial charge >= 0.3 is 0 Å². The third-order valence-corrected chi connectivity index (χ3v) is 3.27. The summed E-state index contributed by atoms with van der Waals surface area (Å²) >= 11 is 0. The largest absolute Gasteiger partial charge is 0.497 e. The second kappa shape index (κ2) is 6.40. The van der Waals surface area contributed by atoms with Crippen LogP contribution in [0.1, 0.15) is 18.4 Å². The molecule has 2 N–H and O–H groups in total. The molecule has 98 valence electrons. The molecule has 1 heterocycles. The number of carbonyl (C=O) groups is 1. The lowest BCUT2D eigenvalue weighted by Gasteiger charge is -2.23. The predicted octanol–water partition coefficient (Wildman–Crippen LogP) is 1.11. The normalized spacial score (nSPS) is 19.4. The molecule has 1 unspecified atom stereocenters. The van der Waals surface area contributed by atoms with E-state index in [9.17, 15) is 4.79 Å². The van der Waals surface area contributed by atoms with Gasteiger partial charge in [0.05, 0.1) is 7.11 Å². The first-order chi connectivity index (χ1) is 8.78. The highest BCUT2D eigenvalue weighted by molar-refractivity contribution is 5.76. The van der Waals surface area contributed by atoms with Gasteiger partial charge in [-0.05, 0) is 37.1 Å². The molecule has 1 aliphatic heterocycles. The van der Waals surface area contributed by atoms with Crippen molar-refractivity contribution < 1.29 is 9.53 Å². The molecule has 0 saturated carbocycles. The molecule has 0 spiro atoms.